The number of hydrogen-bond donors (Lipinski definition) is 2. The molecule has 0 saturated heterocycles. The molecular weight excluding hydrogens is 302 g/mol. The molecule has 0 bridgehead atoms. The minimum atomic E-state index is -0.488. The number of nitro groups is 1. The fraction of sp³-hybridized carbons (Fsp3) is 0.400. The third kappa shape index (κ3) is 3.39. The van der Waals surface area contributed by atoms with Crippen LogP contribution >= 0.6 is 15.9 Å². The summed E-state index contributed by atoms with van der Waals surface area (Å²) in [6.07, 6.45) is 3.24. The van der Waals surface area contributed by atoms with Gasteiger partial charge in [0.25, 0.3) is 0 Å². The van der Waals surface area contributed by atoms with Gasteiger partial charge in [-0.05, 0) is 12.8 Å². The zero-order valence-corrected chi connectivity index (χ0v) is 11.1. The van der Waals surface area contributed by atoms with Crippen molar-refractivity contribution in [2.75, 3.05) is 17.2 Å². The second-order valence-electron chi connectivity index (χ2n) is 3.97. The zero-order chi connectivity index (χ0) is 13.1. The highest BCUT2D eigenvalue weighted by atomic mass is 79.9. The summed E-state index contributed by atoms with van der Waals surface area (Å²) >= 11 is 3.20. The van der Waals surface area contributed by atoms with Crippen molar-refractivity contribution in [1.29, 1.82) is 0 Å². The maximum absolute atomic E-state index is 10.8. The third-order valence-corrected chi connectivity index (χ3v) is 2.60. The molecule has 1 saturated carbocycles. The van der Waals surface area contributed by atoms with E-state index in [1.165, 1.54) is 6.20 Å². The Morgan fingerprint density at radius 3 is 2.94 bits per heavy atom. The topological polar surface area (TPSA) is 93.0 Å². The Balaban J connectivity index is 2.17. The van der Waals surface area contributed by atoms with E-state index in [0.29, 0.717) is 12.5 Å². The van der Waals surface area contributed by atoms with E-state index in [1.54, 1.807) is 0 Å². The minimum Gasteiger partial charge on any atom is -0.361 e. The summed E-state index contributed by atoms with van der Waals surface area (Å²) in [6, 6.07) is 0.289. The van der Waals surface area contributed by atoms with E-state index in [4.69, 9.17) is 0 Å². The molecule has 1 aliphatic carbocycles. The summed E-state index contributed by atoms with van der Waals surface area (Å²) in [4.78, 5) is 18.4. The summed E-state index contributed by atoms with van der Waals surface area (Å²) in [5, 5.41) is 16.8. The van der Waals surface area contributed by atoms with Crippen molar-refractivity contribution in [3.63, 3.8) is 0 Å². The molecule has 7 nitrogen and oxygen atoms in total. The summed E-state index contributed by atoms with van der Waals surface area (Å²) < 4.78 is 0.751. The van der Waals surface area contributed by atoms with Crippen LogP contribution in [0.15, 0.2) is 17.3 Å². The molecule has 2 N–H and O–H groups in total. The van der Waals surface area contributed by atoms with Gasteiger partial charge in [0.05, 0.1) is 4.92 Å². The molecule has 0 unspecified atom stereocenters. The number of halogens is 1. The Kier molecular flexibility index (Phi) is 3.75. The molecule has 0 spiro atoms. The van der Waals surface area contributed by atoms with Crippen LogP contribution in [-0.2, 0) is 0 Å². The molecule has 1 heterocycles. The largest absolute Gasteiger partial charge is 0.361 e. The van der Waals surface area contributed by atoms with E-state index in [-0.39, 0.29) is 17.5 Å². The quantitative estimate of drug-likeness (QED) is 0.618. The predicted octanol–water partition coefficient (Wildman–Crippen LogP) is 2.28. The monoisotopic (exact) mass is 313 g/mol. The molecule has 2 rings (SSSR count). The van der Waals surface area contributed by atoms with Gasteiger partial charge in [-0.2, -0.15) is 4.98 Å². The van der Waals surface area contributed by atoms with Gasteiger partial charge in [-0.15, -0.1) is 0 Å². The van der Waals surface area contributed by atoms with E-state index in [2.05, 4.69) is 43.1 Å². The smallest absolute Gasteiger partial charge is 0.329 e. The Morgan fingerprint density at radius 1 is 1.67 bits per heavy atom. The molecular formula is C10H12BrN5O2. The summed E-state index contributed by atoms with van der Waals surface area (Å²) in [5.41, 5.74) is -0.106. The van der Waals surface area contributed by atoms with Crippen molar-refractivity contribution in [3.8, 4) is 0 Å². The van der Waals surface area contributed by atoms with Gasteiger partial charge < -0.3 is 10.6 Å². The number of hydrogen-bond acceptors (Lipinski definition) is 6. The molecule has 0 amide bonds. The van der Waals surface area contributed by atoms with Crippen LogP contribution in [0.5, 0.6) is 0 Å². The number of nitrogens with one attached hydrogen (secondary N) is 2. The van der Waals surface area contributed by atoms with Crippen molar-refractivity contribution >= 4 is 33.4 Å². The lowest BCUT2D eigenvalue weighted by molar-refractivity contribution is -0.384. The van der Waals surface area contributed by atoms with E-state index in [0.717, 1.165) is 17.3 Å². The van der Waals surface area contributed by atoms with Crippen molar-refractivity contribution in [2.45, 2.75) is 18.9 Å². The highest BCUT2D eigenvalue weighted by molar-refractivity contribution is 9.11. The van der Waals surface area contributed by atoms with Gasteiger partial charge in [-0.3, -0.25) is 10.1 Å². The standard InChI is InChI=1S/C10H12BrN5O2/c1-6(11)4-12-10-13-5-8(16(17)18)9(15-10)14-7-2-3-7/h5,7H,1-4H2,(H2,12,13,14,15). The highest BCUT2D eigenvalue weighted by Crippen LogP contribution is 2.29. The number of rotatable bonds is 6. The van der Waals surface area contributed by atoms with Crippen LogP contribution in [0.25, 0.3) is 0 Å². The van der Waals surface area contributed by atoms with Gasteiger partial charge in [0.1, 0.15) is 6.20 Å². The Labute approximate surface area is 112 Å². The lowest BCUT2D eigenvalue weighted by Crippen LogP contribution is -2.11. The van der Waals surface area contributed by atoms with Gasteiger partial charge in [0.15, 0.2) is 0 Å². The molecule has 96 valence electrons. The first kappa shape index (κ1) is 12.7. The van der Waals surface area contributed by atoms with E-state index >= 15 is 0 Å². The second kappa shape index (κ2) is 5.30. The molecule has 18 heavy (non-hydrogen) atoms. The van der Waals surface area contributed by atoms with E-state index in [9.17, 15) is 10.1 Å². The lowest BCUT2D eigenvalue weighted by atomic mass is 10.4. The molecule has 0 aliphatic heterocycles. The maximum atomic E-state index is 10.8. The van der Waals surface area contributed by atoms with Crippen LogP contribution in [0.3, 0.4) is 0 Å². The number of nitrogens with zero attached hydrogens (tertiary/aromatic N) is 3. The Morgan fingerprint density at radius 2 is 2.39 bits per heavy atom. The van der Waals surface area contributed by atoms with Crippen LogP contribution in [0.2, 0.25) is 0 Å². The van der Waals surface area contributed by atoms with E-state index in [1.807, 2.05) is 0 Å². The first-order chi connectivity index (χ1) is 8.56. The Bertz CT molecular complexity index is 489. The van der Waals surface area contributed by atoms with Crippen LogP contribution in [-0.4, -0.2) is 27.5 Å². The minimum absolute atomic E-state index is 0.106. The van der Waals surface area contributed by atoms with Gasteiger partial charge in [-0.25, -0.2) is 4.98 Å². The lowest BCUT2D eigenvalue weighted by Gasteiger charge is -2.07. The third-order valence-electron chi connectivity index (χ3n) is 2.32. The van der Waals surface area contributed by atoms with Crippen LogP contribution in [0.1, 0.15) is 12.8 Å². The zero-order valence-electron chi connectivity index (χ0n) is 9.52. The maximum Gasteiger partial charge on any atom is 0.329 e. The normalized spacial score (nSPS) is 14.1. The molecule has 1 fully saturated rings. The van der Waals surface area contributed by atoms with Gasteiger partial charge in [-0.1, -0.05) is 22.5 Å². The molecule has 1 aliphatic rings. The summed E-state index contributed by atoms with van der Waals surface area (Å²) in [5.74, 6) is 0.601. The molecule has 0 aromatic carbocycles. The summed E-state index contributed by atoms with van der Waals surface area (Å²) in [7, 11) is 0. The van der Waals surface area contributed by atoms with Crippen molar-refractivity contribution in [3.05, 3.63) is 27.4 Å². The van der Waals surface area contributed by atoms with Crippen molar-refractivity contribution in [1.82, 2.24) is 9.97 Å². The second-order valence-corrected chi connectivity index (χ2v) is 5.10. The van der Waals surface area contributed by atoms with Crippen LogP contribution in [0, 0.1) is 10.1 Å². The highest BCUT2D eigenvalue weighted by Gasteiger charge is 2.26. The molecule has 1 aromatic rings. The molecule has 0 radical (unpaired) electrons. The number of aromatic nitrogens is 2. The molecule has 0 atom stereocenters. The molecule has 8 heteroatoms. The average Bonchev–Trinajstić information content (AvgIpc) is 3.10. The van der Waals surface area contributed by atoms with E-state index < -0.39 is 4.92 Å². The molecule has 1 aromatic heterocycles. The number of anilines is 2. The van der Waals surface area contributed by atoms with Crippen molar-refractivity contribution < 1.29 is 4.92 Å². The van der Waals surface area contributed by atoms with Crippen LogP contribution < -0.4 is 10.6 Å². The average molecular weight is 314 g/mol. The predicted molar refractivity (Wildman–Crippen MR) is 71.9 cm³/mol. The Hall–Kier alpha value is -1.70. The fourth-order valence-corrected chi connectivity index (χ4v) is 1.44. The SMILES string of the molecule is C=C(Br)CNc1ncc([N+](=O)[O-])c(NC2CC2)n1. The van der Waals surface area contributed by atoms with Gasteiger partial charge >= 0.3 is 5.69 Å². The first-order valence-electron chi connectivity index (χ1n) is 5.41. The van der Waals surface area contributed by atoms with Gasteiger partial charge in [0.2, 0.25) is 11.8 Å². The first-order valence-corrected chi connectivity index (χ1v) is 6.20. The summed E-state index contributed by atoms with van der Waals surface area (Å²) in [6.45, 7) is 4.13. The van der Waals surface area contributed by atoms with Gasteiger partial charge in [0, 0.05) is 17.1 Å². The fourth-order valence-electron chi connectivity index (χ4n) is 1.30. The van der Waals surface area contributed by atoms with Crippen LogP contribution in [0.4, 0.5) is 17.5 Å². The van der Waals surface area contributed by atoms with Crippen molar-refractivity contribution in [2.24, 2.45) is 0 Å².